The van der Waals surface area contributed by atoms with E-state index in [0.717, 1.165) is 0 Å². The van der Waals surface area contributed by atoms with Gasteiger partial charge in [-0.1, -0.05) is 18.9 Å². The van der Waals surface area contributed by atoms with Crippen LogP contribution in [0.5, 0.6) is 0 Å². The van der Waals surface area contributed by atoms with E-state index < -0.39 is 36.4 Å². The van der Waals surface area contributed by atoms with Crippen LogP contribution in [0.3, 0.4) is 0 Å². The zero-order chi connectivity index (χ0) is 16.2. The lowest BCUT2D eigenvalue weighted by atomic mass is 9.91. The van der Waals surface area contributed by atoms with Crippen LogP contribution in [-0.4, -0.2) is 35.6 Å². The van der Waals surface area contributed by atoms with Crippen LogP contribution in [0.4, 0.5) is 13.6 Å². The van der Waals surface area contributed by atoms with E-state index in [1.165, 1.54) is 6.92 Å². The molecule has 1 aliphatic heterocycles. The van der Waals surface area contributed by atoms with Crippen LogP contribution >= 0.6 is 0 Å². The summed E-state index contributed by atoms with van der Waals surface area (Å²) < 4.78 is 30.4. The monoisotopic (exact) mass is 307 g/mol. The van der Waals surface area contributed by atoms with Crippen molar-refractivity contribution in [3.8, 4) is 0 Å². The van der Waals surface area contributed by atoms with Gasteiger partial charge >= 0.3 is 6.16 Å². The van der Waals surface area contributed by atoms with Gasteiger partial charge in [0.1, 0.15) is 6.10 Å². The van der Waals surface area contributed by atoms with Crippen molar-refractivity contribution in [2.45, 2.75) is 52.6 Å². The second-order valence-electron chi connectivity index (χ2n) is 5.33. The van der Waals surface area contributed by atoms with Crippen LogP contribution in [0, 0.1) is 11.8 Å². The van der Waals surface area contributed by atoms with Gasteiger partial charge in [-0.05, 0) is 19.3 Å². The van der Waals surface area contributed by atoms with E-state index in [9.17, 15) is 23.2 Å². The lowest BCUT2D eigenvalue weighted by molar-refractivity contribution is -0.178. The van der Waals surface area contributed by atoms with Crippen LogP contribution in [-0.2, 0) is 19.2 Å². The fourth-order valence-corrected chi connectivity index (χ4v) is 2.02. The topological polar surface area (TPSA) is 72.9 Å². The Kier molecular flexibility index (Phi) is 6.04. The minimum Gasteiger partial charge on any atom is -0.430 e. The van der Waals surface area contributed by atoms with Crippen LogP contribution in [0.2, 0.25) is 0 Å². The Hall–Kier alpha value is -1.73. The summed E-state index contributed by atoms with van der Waals surface area (Å²) >= 11 is 0. The minimum absolute atomic E-state index is 0.0253. The average molecular weight is 307 g/mol. The molecule has 1 saturated heterocycles. The molecular weight excluding hydrogens is 288 g/mol. The molecule has 1 heterocycles. The van der Waals surface area contributed by atoms with Gasteiger partial charge in [-0.3, -0.25) is 14.4 Å². The molecule has 0 radical (unpaired) electrons. The zero-order valence-electron chi connectivity index (χ0n) is 12.2. The number of carbonyl (C=O) groups is 3. The third kappa shape index (κ3) is 4.95. The van der Waals surface area contributed by atoms with Crippen LogP contribution in [0.15, 0.2) is 0 Å². The maximum absolute atomic E-state index is 12.8. The number of carbonyl (C=O) groups excluding carboxylic acids is 3. The zero-order valence-corrected chi connectivity index (χ0v) is 12.2. The second kappa shape index (κ2) is 7.33. The van der Waals surface area contributed by atoms with Crippen molar-refractivity contribution < 1.29 is 32.7 Å². The predicted octanol–water partition coefficient (Wildman–Crippen LogP) is 2.52. The summed E-state index contributed by atoms with van der Waals surface area (Å²) in [6, 6.07) is 0. The SMILES string of the molecule is CC(C)[C@H](C[C@H](C)OC(=O)ON1C(=O)CCC1=O)C(F)F. The summed E-state index contributed by atoms with van der Waals surface area (Å²) in [6.45, 7) is 4.76. The highest BCUT2D eigenvalue weighted by molar-refractivity contribution is 6.01. The molecule has 6 nitrogen and oxygen atoms in total. The maximum Gasteiger partial charge on any atom is 0.534 e. The fraction of sp³-hybridized carbons (Fsp3) is 0.769. The molecule has 21 heavy (non-hydrogen) atoms. The normalized spacial score (nSPS) is 18.3. The van der Waals surface area contributed by atoms with E-state index in [2.05, 4.69) is 4.84 Å². The summed E-state index contributed by atoms with van der Waals surface area (Å²) in [5.41, 5.74) is 0. The lowest BCUT2D eigenvalue weighted by Crippen LogP contribution is -2.34. The molecule has 1 rings (SSSR count). The quantitative estimate of drug-likeness (QED) is 0.557. The molecular formula is C13H19F2NO5. The number of nitrogens with zero attached hydrogens (tertiary/aromatic N) is 1. The van der Waals surface area contributed by atoms with Crippen molar-refractivity contribution in [2.75, 3.05) is 0 Å². The van der Waals surface area contributed by atoms with Gasteiger partial charge in [0.25, 0.3) is 11.8 Å². The molecule has 1 aliphatic rings. The molecule has 0 aliphatic carbocycles. The number of hydroxylamine groups is 2. The van der Waals surface area contributed by atoms with Gasteiger partial charge in [-0.15, -0.1) is 0 Å². The van der Waals surface area contributed by atoms with Crippen molar-refractivity contribution in [3.63, 3.8) is 0 Å². The number of alkyl halides is 2. The number of hydrogen-bond acceptors (Lipinski definition) is 5. The minimum atomic E-state index is -2.52. The van der Waals surface area contributed by atoms with Crippen molar-refractivity contribution in [1.29, 1.82) is 0 Å². The van der Waals surface area contributed by atoms with E-state index in [4.69, 9.17) is 4.74 Å². The number of amides is 2. The van der Waals surface area contributed by atoms with Crippen molar-refractivity contribution in [1.82, 2.24) is 5.06 Å². The standard InChI is InChI=1S/C13H19F2NO5/c1-7(2)9(12(14)15)6-8(3)20-13(19)21-16-10(17)4-5-11(16)18/h7-9,12H,4-6H2,1-3H3/t8-,9-/m0/s1. The first-order chi connectivity index (χ1) is 9.72. The number of hydrogen-bond donors (Lipinski definition) is 0. The van der Waals surface area contributed by atoms with Crippen LogP contribution in [0.1, 0.15) is 40.0 Å². The fourth-order valence-electron chi connectivity index (χ4n) is 2.02. The van der Waals surface area contributed by atoms with E-state index in [1.807, 2.05) is 0 Å². The molecule has 0 aromatic heterocycles. The first-order valence-corrected chi connectivity index (χ1v) is 6.74. The molecule has 0 aromatic carbocycles. The van der Waals surface area contributed by atoms with Crippen molar-refractivity contribution >= 4 is 18.0 Å². The summed E-state index contributed by atoms with van der Waals surface area (Å²) in [4.78, 5) is 38.4. The van der Waals surface area contributed by atoms with Gasteiger partial charge < -0.3 is 4.74 Å². The van der Waals surface area contributed by atoms with E-state index in [1.54, 1.807) is 13.8 Å². The van der Waals surface area contributed by atoms with Crippen molar-refractivity contribution in [2.24, 2.45) is 11.8 Å². The third-order valence-electron chi connectivity index (χ3n) is 3.25. The molecule has 2 atom stereocenters. The Morgan fingerprint density at radius 1 is 1.19 bits per heavy atom. The summed E-state index contributed by atoms with van der Waals surface area (Å²) in [5.74, 6) is -2.44. The summed E-state index contributed by atoms with van der Waals surface area (Å²) in [6.07, 6.45) is -4.67. The number of rotatable bonds is 6. The largest absolute Gasteiger partial charge is 0.534 e. The smallest absolute Gasteiger partial charge is 0.430 e. The molecule has 0 N–H and O–H groups in total. The third-order valence-corrected chi connectivity index (χ3v) is 3.25. The molecule has 0 spiro atoms. The van der Waals surface area contributed by atoms with Gasteiger partial charge in [0, 0.05) is 18.8 Å². The Morgan fingerprint density at radius 2 is 1.71 bits per heavy atom. The number of imide groups is 1. The number of halogens is 2. The molecule has 0 saturated carbocycles. The molecule has 8 heteroatoms. The van der Waals surface area contributed by atoms with Gasteiger partial charge in [0.15, 0.2) is 0 Å². The molecule has 2 amide bonds. The molecule has 0 unspecified atom stereocenters. The van der Waals surface area contributed by atoms with Gasteiger partial charge in [0.05, 0.1) is 0 Å². The van der Waals surface area contributed by atoms with E-state index in [0.29, 0.717) is 5.06 Å². The van der Waals surface area contributed by atoms with Gasteiger partial charge in [0.2, 0.25) is 6.43 Å². The van der Waals surface area contributed by atoms with Gasteiger partial charge in [-0.25, -0.2) is 13.6 Å². The lowest BCUT2D eigenvalue weighted by Gasteiger charge is -2.23. The summed E-state index contributed by atoms with van der Waals surface area (Å²) in [5, 5.41) is 0.349. The maximum atomic E-state index is 12.8. The van der Waals surface area contributed by atoms with Crippen LogP contribution in [0.25, 0.3) is 0 Å². The Morgan fingerprint density at radius 3 is 2.14 bits per heavy atom. The Labute approximate surface area is 121 Å². The van der Waals surface area contributed by atoms with Crippen molar-refractivity contribution in [3.05, 3.63) is 0 Å². The van der Waals surface area contributed by atoms with Crippen LogP contribution < -0.4 is 0 Å². The molecule has 1 fully saturated rings. The highest BCUT2D eigenvalue weighted by atomic mass is 19.3. The molecule has 0 bridgehead atoms. The van der Waals surface area contributed by atoms with Gasteiger partial charge in [-0.2, -0.15) is 0 Å². The Bertz CT molecular complexity index is 389. The molecule has 120 valence electrons. The van der Waals surface area contributed by atoms with E-state index in [-0.39, 0.29) is 25.2 Å². The average Bonchev–Trinajstić information content (AvgIpc) is 2.67. The molecule has 0 aromatic rings. The summed E-state index contributed by atoms with van der Waals surface area (Å²) in [7, 11) is 0. The first kappa shape index (κ1) is 17.3. The van der Waals surface area contributed by atoms with E-state index >= 15 is 0 Å². The predicted molar refractivity (Wildman–Crippen MR) is 67.1 cm³/mol. The first-order valence-electron chi connectivity index (χ1n) is 6.74. The number of ether oxygens (including phenoxy) is 1. The highest BCUT2D eigenvalue weighted by Gasteiger charge is 2.34. The Balaban J connectivity index is 2.47. The second-order valence-corrected chi connectivity index (χ2v) is 5.33. The highest BCUT2D eigenvalue weighted by Crippen LogP contribution is 2.25.